The van der Waals surface area contributed by atoms with Gasteiger partial charge in [0.25, 0.3) is 0 Å². The van der Waals surface area contributed by atoms with Crippen LogP contribution in [0.15, 0.2) is 0 Å². The molecule has 7 nitrogen and oxygen atoms in total. The van der Waals surface area contributed by atoms with Crippen LogP contribution in [-0.2, 0) is 19.1 Å². The number of ether oxygens (including phenoxy) is 2. The number of rotatable bonds is 9. The molecule has 0 fully saturated rings. The van der Waals surface area contributed by atoms with Gasteiger partial charge in [0.1, 0.15) is 5.25 Å². The van der Waals surface area contributed by atoms with Gasteiger partial charge in [-0.25, -0.2) is 4.79 Å². The molecule has 2 N–H and O–H groups in total. The Kier molecular flexibility index (Phi) is 9.64. The number of carbonyl (C=O) groups excluding carboxylic acids is 2. The molecule has 0 saturated carbocycles. The second-order valence-corrected chi connectivity index (χ2v) is 6.74. The summed E-state index contributed by atoms with van der Waals surface area (Å²) < 4.78 is 9.70. The van der Waals surface area contributed by atoms with Crippen LogP contribution in [0, 0.1) is 11.8 Å². The highest BCUT2D eigenvalue weighted by Crippen LogP contribution is 2.14. The average Bonchev–Trinajstić information content (AvgIpc) is 2.37. The first-order valence-corrected chi connectivity index (χ1v) is 8.17. The highest BCUT2D eigenvalue weighted by molar-refractivity contribution is 8.00. The van der Waals surface area contributed by atoms with Gasteiger partial charge >= 0.3 is 18.0 Å². The lowest BCUT2D eigenvalue weighted by Gasteiger charge is -2.17. The molecule has 1 amide bonds. The average molecular weight is 335 g/mol. The minimum absolute atomic E-state index is 0.0591. The van der Waals surface area contributed by atoms with Gasteiger partial charge in [0.05, 0.1) is 5.92 Å². The predicted octanol–water partition coefficient (Wildman–Crippen LogP) is 2.10. The van der Waals surface area contributed by atoms with Gasteiger partial charge in [0, 0.05) is 13.5 Å². The smallest absolute Gasteiger partial charge is 0.410 e. The van der Waals surface area contributed by atoms with Gasteiger partial charge in [0.15, 0.2) is 0 Å². The largest absolute Gasteiger partial charge is 0.480 e. The zero-order valence-electron chi connectivity index (χ0n) is 13.6. The lowest BCUT2D eigenvalue weighted by molar-refractivity contribution is -0.168. The second kappa shape index (κ2) is 10.3. The Morgan fingerprint density at radius 1 is 1.09 bits per heavy atom. The molecule has 0 aromatic rings. The van der Waals surface area contributed by atoms with E-state index < -0.39 is 29.6 Å². The molecule has 0 spiro atoms. The van der Waals surface area contributed by atoms with E-state index in [1.54, 1.807) is 13.8 Å². The van der Waals surface area contributed by atoms with Crippen molar-refractivity contribution in [2.75, 3.05) is 12.3 Å². The number of alkyl carbamates (subject to hydrolysis) is 1. The van der Waals surface area contributed by atoms with Gasteiger partial charge in [-0.2, -0.15) is 0 Å². The molecule has 0 saturated heterocycles. The number of aliphatic carboxylic acids is 1. The number of esters is 1. The van der Waals surface area contributed by atoms with Crippen LogP contribution < -0.4 is 5.32 Å². The van der Waals surface area contributed by atoms with Crippen LogP contribution in [-0.4, -0.2) is 47.0 Å². The van der Waals surface area contributed by atoms with Gasteiger partial charge in [-0.05, 0) is 11.7 Å². The third kappa shape index (κ3) is 9.49. The van der Waals surface area contributed by atoms with E-state index in [9.17, 15) is 14.4 Å². The minimum Gasteiger partial charge on any atom is -0.480 e. The number of amides is 1. The van der Waals surface area contributed by atoms with E-state index in [1.165, 1.54) is 18.7 Å². The SMILES string of the molecule is CC(C)CS[C@@H](CNC(=O)O[C@@H](C)OC(=O)C(C)C)C(=O)O. The van der Waals surface area contributed by atoms with Crippen LogP contribution >= 0.6 is 11.8 Å². The topological polar surface area (TPSA) is 102 Å². The summed E-state index contributed by atoms with van der Waals surface area (Å²) in [6.45, 7) is 8.66. The molecule has 8 heteroatoms. The fourth-order valence-electron chi connectivity index (χ4n) is 1.22. The van der Waals surface area contributed by atoms with Gasteiger partial charge < -0.3 is 19.9 Å². The van der Waals surface area contributed by atoms with Crippen LogP contribution in [0.3, 0.4) is 0 Å². The molecule has 0 bridgehead atoms. The highest BCUT2D eigenvalue weighted by atomic mass is 32.2. The summed E-state index contributed by atoms with van der Waals surface area (Å²) in [6, 6.07) is 0. The molecule has 0 rings (SSSR count). The summed E-state index contributed by atoms with van der Waals surface area (Å²) in [5.74, 6) is -0.760. The van der Waals surface area contributed by atoms with Gasteiger partial charge in [0.2, 0.25) is 6.29 Å². The summed E-state index contributed by atoms with van der Waals surface area (Å²) in [6.07, 6.45) is -1.85. The van der Waals surface area contributed by atoms with Crippen molar-refractivity contribution in [3.8, 4) is 0 Å². The first kappa shape index (κ1) is 20.6. The molecular formula is C14H25NO6S. The number of carboxylic acids is 1. The van der Waals surface area contributed by atoms with Gasteiger partial charge in [-0.3, -0.25) is 9.59 Å². The predicted molar refractivity (Wildman–Crippen MR) is 83.6 cm³/mol. The first-order chi connectivity index (χ1) is 10.1. The fraction of sp³-hybridized carbons (Fsp3) is 0.786. The molecule has 0 aliphatic heterocycles. The number of thioether (sulfide) groups is 1. The molecule has 0 aromatic heterocycles. The first-order valence-electron chi connectivity index (χ1n) is 7.12. The monoisotopic (exact) mass is 335 g/mol. The van der Waals surface area contributed by atoms with E-state index in [2.05, 4.69) is 5.32 Å². The maximum absolute atomic E-state index is 11.5. The third-order valence-corrected chi connectivity index (χ3v) is 3.99. The number of hydrogen-bond donors (Lipinski definition) is 2. The Hall–Kier alpha value is -1.44. The van der Waals surface area contributed by atoms with Crippen molar-refractivity contribution in [2.24, 2.45) is 11.8 Å². The number of carbonyl (C=O) groups is 3. The van der Waals surface area contributed by atoms with Crippen LogP contribution in [0.4, 0.5) is 4.79 Å². The highest BCUT2D eigenvalue weighted by Gasteiger charge is 2.21. The molecule has 0 aliphatic carbocycles. The van der Waals surface area contributed by atoms with Crippen molar-refractivity contribution in [2.45, 2.75) is 46.2 Å². The molecule has 0 unspecified atom stereocenters. The normalized spacial score (nSPS) is 13.6. The van der Waals surface area contributed by atoms with Crippen LogP contribution in [0.5, 0.6) is 0 Å². The number of nitrogens with one attached hydrogen (secondary N) is 1. The Morgan fingerprint density at radius 2 is 1.68 bits per heavy atom. The molecule has 0 aromatic carbocycles. The maximum Gasteiger partial charge on any atom is 0.410 e. The van der Waals surface area contributed by atoms with Crippen molar-refractivity contribution in [1.29, 1.82) is 0 Å². The van der Waals surface area contributed by atoms with E-state index in [0.717, 1.165) is 0 Å². The van der Waals surface area contributed by atoms with E-state index in [4.69, 9.17) is 14.6 Å². The summed E-state index contributed by atoms with van der Waals surface area (Å²) >= 11 is 1.26. The summed E-state index contributed by atoms with van der Waals surface area (Å²) in [4.78, 5) is 34.0. The summed E-state index contributed by atoms with van der Waals surface area (Å²) in [5.41, 5.74) is 0. The molecule has 2 atom stereocenters. The Bertz CT molecular complexity index is 386. The second-order valence-electron chi connectivity index (χ2n) is 5.50. The van der Waals surface area contributed by atoms with Crippen molar-refractivity contribution < 1.29 is 29.0 Å². The molecule has 22 heavy (non-hydrogen) atoms. The zero-order valence-corrected chi connectivity index (χ0v) is 14.4. The Labute approximate surface area is 135 Å². The standard InChI is InChI=1S/C14H25NO6S/c1-8(2)7-22-11(12(16)17)6-15-14(19)21-10(5)20-13(18)9(3)4/h8-11H,6-7H2,1-5H3,(H,15,19)(H,16,17)/t10-,11-/m0/s1. The Morgan fingerprint density at radius 3 is 2.14 bits per heavy atom. The van der Waals surface area contributed by atoms with Crippen LogP contribution in [0.1, 0.15) is 34.6 Å². The van der Waals surface area contributed by atoms with Gasteiger partial charge in [-0.1, -0.05) is 27.7 Å². The minimum atomic E-state index is -1.03. The van der Waals surface area contributed by atoms with Crippen molar-refractivity contribution in [3.63, 3.8) is 0 Å². The van der Waals surface area contributed by atoms with Crippen molar-refractivity contribution >= 4 is 29.8 Å². The maximum atomic E-state index is 11.5. The van der Waals surface area contributed by atoms with E-state index in [0.29, 0.717) is 11.7 Å². The lowest BCUT2D eigenvalue weighted by atomic mass is 10.2. The number of hydrogen-bond acceptors (Lipinski definition) is 6. The lowest BCUT2D eigenvalue weighted by Crippen LogP contribution is -2.37. The molecular weight excluding hydrogens is 310 g/mol. The molecule has 128 valence electrons. The molecule has 0 aliphatic rings. The Balaban J connectivity index is 4.18. The van der Waals surface area contributed by atoms with Crippen LogP contribution in [0.25, 0.3) is 0 Å². The zero-order chi connectivity index (χ0) is 17.3. The van der Waals surface area contributed by atoms with Crippen molar-refractivity contribution in [1.82, 2.24) is 5.32 Å². The summed E-state index contributed by atoms with van der Waals surface area (Å²) in [5, 5.41) is 10.7. The third-order valence-electron chi connectivity index (χ3n) is 2.36. The van der Waals surface area contributed by atoms with Gasteiger partial charge in [-0.15, -0.1) is 11.8 Å². The van der Waals surface area contributed by atoms with E-state index in [1.807, 2.05) is 13.8 Å². The van der Waals surface area contributed by atoms with E-state index in [-0.39, 0.29) is 12.5 Å². The quantitative estimate of drug-likeness (QED) is 0.491. The van der Waals surface area contributed by atoms with Crippen molar-refractivity contribution in [3.05, 3.63) is 0 Å². The summed E-state index contributed by atoms with van der Waals surface area (Å²) in [7, 11) is 0. The number of carboxylic acid groups (broad SMARTS) is 1. The molecule has 0 radical (unpaired) electrons. The van der Waals surface area contributed by atoms with Crippen LogP contribution in [0.2, 0.25) is 0 Å². The molecule has 0 heterocycles. The fourth-order valence-corrected chi connectivity index (χ4v) is 2.18. The van der Waals surface area contributed by atoms with E-state index >= 15 is 0 Å².